The molecule has 174 valence electrons. The van der Waals surface area contributed by atoms with Crippen LogP contribution in [-0.2, 0) is 11.3 Å². The maximum atomic E-state index is 12.7. The normalized spacial score (nSPS) is 11.6. The summed E-state index contributed by atoms with van der Waals surface area (Å²) in [7, 11) is 0. The third-order valence-electron chi connectivity index (χ3n) is 5.88. The SMILES string of the molecule is CCOc1c(/C(C)=C/C(=O)NCc2ccccc2Cl)cc2c(-c3ccc(C)cc3)coc2c1C. The molecule has 0 aliphatic heterocycles. The fourth-order valence-corrected chi connectivity index (χ4v) is 4.25. The Morgan fingerprint density at radius 3 is 2.56 bits per heavy atom. The van der Waals surface area contributed by atoms with Gasteiger partial charge in [0.2, 0.25) is 5.91 Å². The monoisotopic (exact) mass is 473 g/mol. The molecule has 34 heavy (non-hydrogen) atoms. The number of benzene rings is 3. The maximum Gasteiger partial charge on any atom is 0.244 e. The van der Waals surface area contributed by atoms with Gasteiger partial charge in [-0.25, -0.2) is 0 Å². The third kappa shape index (κ3) is 4.87. The molecule has 0 spiro atoms. The van der Waals surface area contributed by atoms with Crippen molar-refractivity contribution in [2.75, 3.05) is 6.61 Å². The van der Waals surface area contributed by atoms with Crippen molar-refractivity contribution in [3.05, 3.63) is 94.2 Å². The van der Waals surface area contributed by atoms with Crippen LogP contribution in [0, 0.1) is 13.8 Å². The summed E-state index contributed by atoms with van der Waals surface area (Å²) in [6, 6.07) is 17.9. The van der Waals surface area contributed by atoms with Crippen LogP contribution >= 0.6 is 11.6 Å². The minimum Gasteiger partial charge on any atom is -0.493 e. The van der Waals surface area contributed by atoms with Crippen molar-refractivity contribution < 1.29 is 13.9 Å². The van der Waals surface area contributed by atoms with Crippen LogP contribution in [0.1, 0.15) is 36.1 Å². The van der Waals surface area contributed by atoms with Crippen LogP contribution in [0.25, 0.3) is 27.7 Å². The van der Waals surface area contributed by atoms with Crippen LogP contribution < -0.4 is 10.1 Å². The second-order valence-corrected chi connectivity index (χ2v) is 8.75. The number of hydrogen-bond acceptors (Lipinski definition) is 3. The molecular formula is C29H28ClNO3. The van der Waals surface area contributed by atoms with Crippen molar-refractivity contribution in [2.24, 2.45) is 0 Å². The number of hydrogen-bond donors (Lipinski definition) is 1. The van der Waals surface area contributed by atoms with E-state index in [9.17, 15) is 4.79 Å². The van der Waals surface area contributed by atoms with Gasteiger partial charge in [0.25, 0.3) is 0 Å². The van der Waals surface area contributed by atoms with Gasteiger partial charge in [0.05, 0.1) is 12.9 Å². The number of halogens is 1. The molecule has 0 aliphatic rings. The second-order valence-electron chi connectivity index (χ2n) is 8.34. The molecule has 3 aromatic carbocycles. The highest BCUT2D eigenvalue weighted by molar-refractivity contribution is 6.31. The van der Waals surface area contributed by atoms with Crippen molar-refractivity contribution in [3.63, 3.8) is 0 Å². The summed E-state index contributed by atoms with van der Waals surface area (Å²) in [6.07, 6.45) is 3.39. The number of nitrogens with one attached hydrogen (secondary N) is 1. The van der Waals surface area contributed by atoms with Crippen LogP contribution in [0.5, 0.6) is 5.75 Å². The number of aryl methyl sites for hydroxylation is 2. The summed E-state index contributed by atoms with van der Waals surface area (Å²) >= 11 is 6.21. The highest BCUT2D eigenvalue weighted by Gasteiger charge is 2.19. The molecular weight excluding hydrogens is 446 g/mol. The van der Waals surface area contributed by atoms with Crippen LogP contribution in [0.2, 0.25) is 5.02 Å². The van der Waals surface area contributed by atoms with Crippen LogP contribution in [-0.4, -0.2) is 12.5 Å². The van der Waals surface area contributed by atoms with E-state index in [2.05, 4.69) is 42.6 Å². The predicted molar refractivity (Wildman–Crippen MR) is 139 cm³/mol. The Balaban J connectivity index is 1.71. The highest BCUT2D eigenvalue weighted by atomic mass is 35.5. The molecule has 1 aromatic heterocycles. The number of allylic oxidation sites excluding steroid dienone is 1. The van der Waals surface area contributed by atoms with Crippen LogP contribution in [0.4, 0.5) is 0 Å². The highest BCUT2D eigenvalue weighted by Crippen LogP contribution is 2.40. The smallest absolute Gasteiger partial charge is 0.244 e. The van der Waals surface area contributed by atoms with Gasteiger partial charge in [0.1, 0.15) is 11.3 Å². The second kappa shape index (κ2) is 10.2. The molecule has 4 nitrogen and oxygen atoms in total. The van der Waals surface area contributed by atoms with Gasteiger partial charge >= 0.3 is 0 Å². The van der Waals surface area contributed by atoms with Gasteiger partial charge < -0.3 is 14.5 Å². The first-order valence-electron chi connectivity index (χ1n) is 11.3. The summed E-state index contributed by atoms with van der Waals surface area (Å²) in [5.74, 6) is 0.538. The molecule has 4 rings (SSSR count). The molecule has 1 amide bonds. The lowest BCUT2D eigenvalue weighted by molar-refractivity contribution is -0.116. The van der Waals surface area contributed by atoms with E-state index in [0.29, 0.717) is 18.2 Å². The summed E-state index contributed by atoms with van der Waals surface area (Å²) in [6.45, 7) is 8.80. The molecule has 1 heterocycles. The van der Waals surface area contributed by atoms with Gasteiger partial charge in [-0.05, 0) is 56.5 Å². The van der Waals surface area contributed by atoms with Gasteiger partial charge in [0.15, 0.2) is 0 Å². The van der Waals surface area contributed by atoms with E-state index in [0.717, 1.165) is 50.1 Å². The molecule has 0 radical (unpaired) electrons. The van der Waals surface area contributed by atoms with Crippen molar-refractivity contribution >= 4 is 34.1 Å². The van der Waals surface area contributed by atoms with Gasteiger partial charge in [-0.3, -0.25) is 4.79 Å². The molecule has 0 saturated heterocycles. The van der Waals surface area contributed by atoms with Crippen molar-refractivity contribution in [1.29, 1.82) is 0 Å². The van der Waals surface area contributed by atoms with Crippen molar-refractivity contribution in [2.45, 2.75) is 34.2 Å². The maximum absolute atomic E-state index is 12.7. The van der Waals surface area contributed by atoms with E-state index in [4.69, 9.17) is 20.8 Å². The average Bonchev–Trinajstić information content (AvgIpc) is 3.25. The molecule has 0 unspecified atom stereocenters. The average molecular weight is 474 g/mol. The molecule has 5 heteroatoms. The number of rotatable bonds is 7. The lowest BCUT2D eigenvalue weighted by atomic mass is 9.96. The van der Waals surface area contributed by atoms with E-state index >= 15 is 0 Å². The van der Waals surface area contributed by atoms with E-state index in [1.807, 2.05) is 45.0 Å². The summed E-state index contributed by atoms with van der Waals surface area (Å²) < 4.78 is 12.0. The minimum absolute atomic E-state index is 0.191. The topological polar surface area (TPSA) is 51.5 Å². The minimum atomic E-state index is -0.191. The number of furan rings is 1. The van der Waals surface area contributed by atoms with E-state index in [1.165, 1.54) is 5.56 Å². The number of ether oxygens (including phenoxy) is 1. The fraction of sp³-hybridized carbons (Fsp3) is 0.207. The van der Waals surface area contributed by atoms with Gasteiger partial charge in [-0.15, -0.1) is 0 Å². The number of carbonyl (C=O) groups excluding carboxylic acids is 1. The lowest BCUT2D eigenvalue weighted by Gasteiger charge is -2.15. The standard InChI is InChI=1S/C29H28ClNO3/c1-5-33-28-20(4)29-24(25(17-34-29)21-12-10-18(2)11-13-21)15-23(28)19(3)14-27(32)31-16-22-8-6-7-9-26(22)30/h6-15,17H,5,16H2,1-4H3,(H,31,32)/b19-14+. The first-order valence-corrected chi connectivity index (χ1v) is 11.7. The molecule has 0 saturated carbocycles. The number of amides is 1. The van der Waals surface area contributed by atoms with E-state index < -0.39 is 0 Å². The van der Waals surface area contributed by atoms with Crippen molar-refractivity contribution in [3.8, 4) is 16.9 Å². The van der Waals surface area contributed by atoms with Gasteiger partial charge in [-0.1, -0.05) is 59.6 Å². The third-order valence-corrected chi connectivity index (χ3v) is 6.25. The molecule has 4 aromatic rings. The van der Waals surface area contributed by atoms with Gasteiger partial charge in [0, 0.05) is 39.7 Å². The Morgan fingerprint density at radius 1 is 1.12 bits per heavy atom. The quantitative estimate of drug-likeness (QED) is 0.283. The summed E-state index contributed by atoms with van der Waals surface area (Å²) in [4.78, 5) is 12.7. The molecule has 0 atom stereocenters. The van der Waals surface area contributed by atoms with Crippen LogP contribution in [0.15, 0.2) is 71.4 Å². The lowest BCUT2D eigenvalue weighted by Crippen LogP contribution is -2.20. The Labute approximate surface area is 205 Å². The molecule has 1 N–H and O–H groups in total. The fourth-order valence-electron chi connectivity index (χ4n) is 4.05. The molecule has 0 aliphatic carbocycles. The molecule has 0 bridgehead atoms. The molecule has 0 fully saturated rings. The van der Waals surface area contributed by atoms with E-state index in [-0.39, 0.29) is 5.91 Å². The Morgan fingerprint density at radius 2 is 1.85 bits per heavy atom. The predicted octanol–water partition coefficient (Wildman–Crippen LogP) is 7.49. The van der Waals surface area contributed by atoms with Gasteiger partial charge in [-0.2, -0.15) is 0 Å². The number of fused-ring (bicyclic) bond motifs is 1. The van der Waals surface area contributed by atoms with Crippen molar-refractivity contribution in [1.82, 2.24) is 5.32 Å². The first kappa shape index (κ1) is 23.7. The number of carbonyl (C=O) groups is 1. The largest absolute Gasteiger partial charge is 0.493 e. The zero-order chi connectivity index (χ0) is 24.2. The summed E-state index contributed by atoms with van der Waals surface area (Å²) in [5.41, 5.74) is 7.55. The zero-order valence-electron chi connectivity index (χ0n) is 19.9. The summed E-state index contributed by atoms with van der Waals surface area (Å²) in [5, 5.41) is 4.54. The Bertz CT molecular complexity index is 1370. The van der Waals surface area contributed by atoms with Crippen LogP contribution in [0.3, 0.4) is 0 Å². The van der Waals surface area contributed by atoms with E-state index in [1.54, 1.807) is 12.3 Å². The Kier molecular flexibility index (Phi) is 7.09. The zero-order valence-corrected chi connectivity index (χ0v) is 20.6. The Hall–Kier alpha value is -3.50. The first-order chi connectivity index (χ1) is 16.4.